The summed E-state index contributed by atoms with van der Waals surface area (Å²) >= 11 is 1.67. The number of nitrogens with one attached hydrogen (secondary N) is 1. The lowest BCUT2D eigenvalue weighted by Crippen LogP contribution is -2.10. The molecule has 1 fully saturated rings. The lowest BCUT2D eigenvalue weighted by Gasteiger charge is -2.03. The second-order valence-electron chi connectivity index (χ2n) is 4.62. The molecule has 0 aliphatic carbocycles. The zero-order valence-corrected chi connectivity index (χ0v) is 10.7. The highest BCUT2D eigenvalue weighted by Crippen LogP contribution is 2.27. The molecule has 90 valence electrons. The Bertz CT molecular complexity index is 497. The van der Waals surface area contributed by atoms with E-state index in [0.29, 0.717) is 0 Å². The molecule has 1 atom stereocenters. The number of rotatable bonds is 3. The van der Waals surface area contributed by atoms with Crippen LogP contribution in [0.1, 0.15) is 17.9 Å². The van der Waals surface area contributed by atoms with Gasteiger partial charge in [0.1, 0.15) is 5.76 Å². The van der Waals surface area contributed by atoms with E-state index in [2.05, 4.69) is 15.7 Å². The van der Waals surface area contributed by atoms with Crippen molar-refractivity contribution in [1.82, 2.24) is 10.3 Å². The van der Waals surface area contributed by atoms with E-state index in [0.717, 1.165) is 42.0 Å². The second kappa shape index (κ2) is 4.63. The fourth-order valence-corrected chi connectivity index (χ4v) is 3.04. The lowest BCUT2D eigenvalue weighted by molar-refractivity contribution is 0.546. The first-order valence-electron chi connectivity index (χ1n) is 6.03. The average molecular weight is 248 g/mol. The van der Waals surface area contributed by atoms with E-state index in [1.807, 2.05) is 19.1 Å². The van der Waals surface area contributed by atoms with E-state index in [9.17, 15) is 0 Å². The molecule has 2 aromatic heterocycles. The maximum atomic E-state index is 5.59. The number of nitrogens with zero attached hydrogens (tertiary/aromatic N) is 1. The van der Waals surface area contributed by atoms with Crippen LogP contribution >= 0.6 is 11.3 Å². The maximum Gasteiger partial charge on any atom is 0.162 e. The Balaban J connectivity index is 1.73. The molecule has 3 nitrogen and oxygen atoms in total. The van der Waals surface area contributed by atoms with Gasteiger partial charge in [0.2, 0.25) is 0 Å². The molecule has 0 radical (unpaired) electrons. The van der Waals surface area contributed by atoms with Gasteiger partial charge >= 0.3 is 0 Å². The molecule has 17 heavy (non-hydrogen) atoms. The van der Waals surface area contributed by atoms with Crippen molar-refractivity contribution in [3.63, 3.8) is 0 Å². The third-order valence-corrected chi connectivity index (χ3v) is 4.07. The van der Waals surface area contributed by atoms with E-state index in [1.54, 1.807) is 11.3 Å². The van der Waals surface area contributed by atoms with E-state index in [1.165, 1.54) is 12.1 Å². The van der Waals surface area contributed by atoms with Gasteiger partial charge in [-0.25, -0.2) is 4.98 Å². The molecule has 1 saturated heterocycles. The molecule has 1 aliphatic heterocycles. The van der Waals surface area contributed by atoms with Crippen molar-refractivity contribution >= 4 is 11.3 Å². The third kappa shape index (κ3) is 2.42. The maximum absolute atomic E-state index is 5.59. The fourth-order valence-electron chi connectivity index (χ4n) is 2.25. The standard InChI is InChI=1S/C13H16N2OS/c1-9-2-3-12(16-9)13-15-11(8-17-13)6-10-4-5-14-7-10/h2-3,8,10,14H,4-7H2,1H3. The van der Waals surface area contributed by atoms with Crippen molar-refractivity contribution in [2.75, 3.05) is 13.1 Å². The minimum absolute atomic E-state index is 0.753. The van der Waals surface area contributed by atoms with Crippen molar-refractivity contribution in [2.45, 2.75) is 19.8 Å². The molecule has 4 heteroatoms. The number of thiazole rings is 1. The van der Waals surface area contributed by atoms with Crippen LogP contribution in [-0.4, -0.2) is 18.1 Å². The summed E-state index contributed by atoms with van der Waals surface area (Å²) in [5.41, 5.74) is 1.20. The predicted octanol–water partition coefficient (Wildman–Crippen LogP) is 2.86. The highest BCUT2D eigenvalue weighted by atomic mass is 32.1. The van der Waals surface area contributed by atoms with Gasteiger partial charge in [0, 0.05) is 5.38 Å². The van der Waals surface area contributed by atoms with Crippen LogP contribution in [0.25, 0.3) is 10.8 Å². The molecule has 0 amide bonds. The van der Waals surface area contributed by atoms with E-state index in [-0.39, 0.29) is 0 Å². The van der Waals surface area contributed by atoms with Crippen LogP contribution in [-0.2, 0) is 6.42 Å². The SMILES string of the molecule is Cc1ccc(-c2nc(CC3CCNC3)cs2)o1. The summed E-state index contributed by atoms with van der Waals surface area (Å²) in [6, 6.07) is 3.98. The van der Waals surface area contributed by atoms with Gasteiger partial charge in [-0.2, -0.15) is 0 Å². The van der Waals surface area contributed by atoms with Gasteiger partial charge in [-0.1, -0.05) is 0 Å². The molecule has 3 heterocycles. The average Bonchev–Trinajstić information content (AvgIpc) is 2.99. The minimum atomic E-state index is 0.753. The Kier molecular flexibility index (Phi) is 2.99. The first-order chi connectivity index (χ1) is 8.31. The van der Waals surface area contributed by atoms with Gasteiger partial charge in [0.15, 0.2) is 10.8 Å². The summed E-state index contributed by atoms with van der Waals surface area (Å²) in [6.45, 7) is 4.24. The first-order valence-corrected chi connectivity index (χ1v) is 6.91. The summed E-state index contributed by atoms with van der Waals surface area (Å²) in [7, 11) is 0. The van der Waals surface area contributed by atoms with Crippen LogP contribution < -0.4 is 5.32 Å². The topological polar surface area (TPSA) is 38.1 Å². The summed E-state index contributed by atoms with van der Waals surface area (Å²) in [6.07, 6.45) is 2.36. The monoisotopic (exact) mass is 248 g/mol. The molecule has 3 rings (SSSR count). The summed E-state index contributed by atoms with van der Waals surface area (Å²) in [4.78, 5) is 4.65. The van der Waals surface area contributed by atoms with Gasteiger partial charge in [0.05, 0.1) is 5.69 Å². The summed E-state index contributed by atoms with van der Waals surface area (Å²) in [5, 5.41) is 6.55. The van der Waals surface area contributed by atoms with Gasteiger partial charge in [-0.3, -0.25) is 0 Å². The van der Waals surface area contributed by atoms with Crippen molar-refractivity contribution in [1.29, 1.82) is 0 Å². The van der Waals surface area contributed by atoms with Gasteiger partial charge in [0.25, 0.3) is 0 Å². The Morgan fingerprint density at radius 2 is 2.47 bits per heavy atom. The Morgan fingerprint density at radius 1 is 1.53 bits per heavy atom. The van der Waals surface area contributed by atoms with Crippen LogP contribution in [0.5, 0.6) is 0 Å². The van der Waals surface area contributed by atoms with E-state index >= 15 is 0 Å². The van der Waals surface area contributed by atoms with Gasteiger partial charge in [-0.05, 0) is 50.9 Å². The Labute approximate surface area is 105 Å². The zero-order valence-electron chi connectivity index (χ0n) is 9.90. The largest absolute Gasteiger partial charge is 0.459 e. The molecule has 1 N–H and O–H groups in total. The van der Waals surface area contributed by atoms with Crippen molar-refractivity contribution < 1.29 is 4.42 Å². The number of hydrogen-bond donors (Lipinski definition) is 1. The quantitative estimate of drug-likeness (QED) is 0.907. The molecule has 2 aromatic rings. The first kappa shape index (κ1) is 11.0. The van der Waals surface area contributed by atoms with Gasteiger partial charge in [-0.15, -0.1) is 11.3 Å². The number of furan rings is 1. The van der Waals surface area contributed by atoms with E-state index in [4.69, 9.17) is 4.42 Å². The molecular weight excluding hydrogens is 232 g/mol. The fraction of sp³-hybridized carbons (Fsp3) is 0.462. The normalized spacial score (nSPS) is 19.9. The number of hydrogen-bond acceptors (Lipinski definition) is 4. The highest BCUT2D eigenvalue weighted by Gasteiger charge is 2.17. The third-order valence-electron chi connectivity index (χ3n) is 3.16. The Hall–Kier alpha value is -1.13. The molecular formula is C13H16N2OS. The molecule has 0 aromatic carbocycles. The molecule has 1 unspecified atom stereocenters. The van der Waals surface area contributed by atoms with Crippen molar-refractivity contribution in [2.24, 2.45) is 5.92 Å². The molecule has 1 aliphatic rings. The highest BCUT2D eigenvalue weighted by molar-refractivity contribution is 7.13. The second-order valence-corrected chi connectivity index (χ2v) is 5.48. The number of aromatic nitrogens is 1. The lowest BCUT2D eigenvalue weighted by atomic mass is 10.0. The molecule has 0 bridgehead atoms. The smallest absolute Gasteiger partial charge is 0.162 e. The van der Waals surface area contributed by atoms with Crippen LogP contribution in [0.3, 0.4) is 0 Å². The van der Waals surface area contributed by atoms with Crippen LogP contribution in [0, 0.1) is 12.8 Å². The van der Waals surface area contributed by atoms with Gasteiger partial charge < -0.3 is 9.73 Å². The van der Waals surface area contributed by atoms with Crippen LogP contribution in [0.4, 0.5) is 0 Å². The molecule has 0 saturated carbocycles. The summed E-state index contributed by atoms with van der Waals surface area (Å²) < 4.78 is 5.59. The van der Waals surface area contributed by atoms with Crippen LogP contribution in [0.2, 0.25) is 0 Å². The Morgan fingerprint density at radius 3 is 3.18 bits per heavy atom. The van der Waals surface area contributed by atoms with Crippen LogP contribution in [0.15, 0.2) is 21.9 Å². The van der Waals surface area contributed by atoms with Crippen molar-refractivity contribution in [3.05, 3.63) is 29.0 Å². The predicted molar refractivity (Wildman–Crippen MR) is 69.2 cm³/mol. The number of aryl methyl sites for hydroxylation is 1. The summed E-state index contributed by atoms with van der Waals surface area (Å²) in [5.74, 6) is 2.59. The minimum Gasteiger partial charge on any atom is -0.459 e. The van der Waals surface area contributed by atoms with Crippen molar-refractivity contribution in [3.8, 4) is 10.8 Å². The van der Waals surface area contributed by atoms with E-state index < -0.39 is 0 Å². The zero-order chi connectivity index (χ0) is 11.7. The molecule has 0 spiro atoms.